The molecule has 0 aromatic rings. The molecule has 9 nitrogen and oxygen atoms in total. The lowest BCUT2D eigenvalue weighted by Gasteiger charge is -2.21. The fourth-order valence-corrected chi connectivity index (χ4v) is 5.82. The van der Waals surface area contributed by atoms with Gasteiger partial charge in [0.2, 0.25) is 0 Å². The molecule has 276 valence electrons. The number of ether oxygens (including phenoxy) is 2. The summed E-state index contributed by atoms with van der Waals surface area (Å²) in [6, 6.07) is -1.01. The van der Waals surface area contributed by atoms with Crippen LogP contribution in [-0.2, 0) is 23.9 Å². The Morgan fingerprint density at radius 1 is 0.792 bits per heavy atom. The van der Waals surface area contributed by atoms with Crippen LogP contribution in [0.2, 0.25) is 0 Å². The van der Waals surface area contributed by atoms with Crippen molar-refractivity contribution in [1.82, 2.24) is 0 Å². The van der Waals surface area contributed by atoms with Crippen molar-refractivity contribution in [2.24, 2.45) is 5.73 Å². The highest BCUT2D eigenvalue weighted by Gasteiger charge is 2.23. The summed E-state index contributed by atoms with van der Waals surface area (Å²) >= 11 is 1.27. The predicted octanol–water partition coefficient (Wildman–Crippen LogP) is 7.59. The first-order valence-electron chi connectivity index (χ1n) is 18.1. The van der Waals surface area contributed by atoms with E-state index in [0.717, 1.165) is 32.1 Å². The lowest BCUT2D eigenvalue weighted by Crippen LogP contribution is -2.38. The van der Waals surface area contributed by atoms with Crippen LogP contribution in [0.25, 0.3) is 0 Å². The fraction of sp³-hybridized carbons (Fsp3) is 0.711. The molecule has 0 aromatic carbocycles. The third-order valence-corrected chi connectivity index (χ3v) is 9.03. The molecule has 0 radical (unpaired) electrons. The molecule has 0 rings (SSSR count). The van der Waals surface area contributed by atoms with Gasteiger partial charge in [-0.05, 0) is 38.5 Å². The summed E-state index contributed by atoms with van der Waals surface area (Å²) in [4.78, 5) is 35.7. The summed E-state index contributed by atoms with van der Waals surface area (Å²) in [5.74, 6) is -1.92. The van der Waals surface area contributed by atoms with Crippen molar-refractivity contribution in [3.05, 3.63) is 48.6 Å². The van der Waals surface area contributed by atoms with Gasteiger partial charge in [0.1, 0.15) is 12.6 Å². The largest absolute Gasteiger partial charge is 0.481 e. The number of hydrogen-bond donors (Lipinski definition) is 4. The van der Waals surface area contributed by atoms with Crippen LogP contribution in [0.3, 0.4) is 0 Å². The number of thioether (sulfide) groups is 1. The smallest absolute Gasteiger partial charge is 0.323 e. The molecule has 0 fully saturated rings. The molecule has 0 unspecified atom stereocenters. The average molecular weight is 696 g/mol. The third-order valence-electron chi connectivity index (χ3n) is 7.62. The Bertz CT molecular complexity index is 936. The summed E-state index contributed by atoms with van der Waals surface area (Å²) in [6.45, 7) is 3.62. The maximum atomic E-state index is 12.6. The topological polar surface area (TPSA) is 156 Å². The first kappa shape index (κ1) is 45.6. The second-order valence-corrected chi connectivity index (χ2v) is 13.4. The quantitative estimate of drug-likeness (QED) is 0.0239. The summed E-state index contributed by atoms with van der Waals surface area (Å²) < 4.78 is 10.5. The molecular formula is C38H65NO8S. The van der Waals surface area contributed by atoms with Gasteiger partial charge in [0.05, 0.1) is 12.7 Å². The van der Waals surface area contributed by atoms with E-state index in [1.165, 1.54) is 69.5 Å². The number of nitrogens with two attached hydrogens (primary N) is 1. The first-order chi connectivity index (χ1) is 23.2. The molecule has 0 saturated carbocycles. The summed E-state index contributed by atoms with van der Waals surface area (Å²) in [7, 11) is 0. The maximum absolute atomic E-state index is 12.6. The van der Waals surface area contributed by atoms with Gasteiger partial charge >= 0.3 is 17.9 Å². The molecule has 0 spiro atoms. The van der Waals surface area contributed by atoms with Crippen LogP contribution in [0.5, 0.6) is 0 Å². The first-order valence-corrected chi connectivity index (χ1v) is 19.2. The average Bonchev–Trinajstić information content (AvgIpc) is 3.07. The van der Waals surface area contributed by atoms with E-state index in [2.05, 4.69) is 32.1 Å². The van der Waals surface area contributed by atoms with Gasteiger partial charge in [0.15, 0.2) is 6.10 Å². The van der Waals surface area contributed by atoms with E-state index < -0.39 is 48.0 Å². The van der Waals surface area contributed by atoms with E-state index in [1.807, 2.05) is 24.3 Å². The zero-order chi connectivity index (χ0) is 35.7. The van der Waals surface area contributed by atoms with Crippen LogP contribution in [0.1, 0.15) is 129 Å². The summed E-state index contributed by atoms with van der Waals surface area (Å²) in [5.41, 5.74) is 6.06. The van der Waals surface area contributed by atoms with E-state index in [9.17, 15) is 24.6 Å². The molecule has 0 aromatic heterocycles. The van der Waals surface area contributed by atoms with Crippen molar-refractivity contribution in [2.45, 2.75) is 153 Å². The van der Waals surface area contributed by atoms with E-state index in [-0.39, 0.29) is 31.6 Å². The third kappa shape index (κ3) is 28.6. The van der Waals surface area contributed by atoms with Crippen LogP contribution in [0.4, 0.5) is 0 Å². The molecule has 5 N–H and O–H groups in total. The van der Waals surface area contributed by atoms with E-state index in [4.69, 9.17) is 20.3 Å². The van der Waals surface area contributed by atoms with Gasteiger partial charge in [0.25, 0.3) is 0 Å². The highest BCUT2D eigenvalue weighted by Crippen LogP contribution is 2.21. The summed E-state index contributed by atoms with van der Waals surface area (Å²) in [5, 5.41) is 28.9. The number of aliphatic hydroxyl groups is 2. The van der Waals surface area contributed by atoms with Crippen molar-refractivity contribution in [3.63, 3.8) is 0 Å². The van der Waals surface area contributed by atoms with Crippen molar-refractivity contribution < 1.29 is 39.2 Å². The second kappa shape index (κ2) is 33.1. The van der Waals surface area contributed by atoms with Crippen molar-refractivity contribution in [1.29, 1.82) is 0 Å². The van der Waals surface area contributed by atoms with Gasteiger partial charge < -0.3 is 30.5 Å². The molecule has 0 aliphatic rings. The number of carboxylic acid groups (broad SMARTS) is 1. The van der Waals surface area contributed by atoms with E-state index in [1.54, 1.807) is 6.08 Å². The van der Waals surface area contributed by atoms with E-state index >= 15 is 0 Å². The molecule has 0 aliphatic carbocycles. The molecule has 4 atom stereocenters. The van der Waals surface area contributed by atoms with Crippen LogP contribution >= 0.6 is 11.8 Å². The summed E-state index contributed by atoms with van der Waals surface area (Å²) in [6.07, 6.45) is 30.6. The van der Waals surface area contributed by atoms with Gasteiger partial charge in [0, 0.05) is 23.8 Å². The molecule has 0 heterocycles. The number of esters is 2. The fourth-order valence-electron chi connectivity index (χ4n) is 4.70. The van der Waals surface area contributed by atoms with Gasteiger partial charge in [-0.1, -0.05) is 127 Å². The predicted molar refractivity (Wildman–Crippen MR) is 197 cm³/mol. The normalized spacial score (nSPS) is 14.6. The number of aliphatic hydroxyl groups excluding tert-OH is 2. The number of carboxylic acids is 1. The Kier molecular flexibility index (Phi) is 31.5. The highest BCUT2D eigenvalue weighted by molar-refractivity contribution is 8.00. The Morgan fingerprint density at radius 2 is 1.44 bits per heavy atom. The maximum Gasteiger partial charge on any atom is 0.323 e. The SMILES string of the molecule is CCCCC/C=C\C\C=C/C=C/C=C/[C@@H](SC[C@H](N)C(=O)OC[C@H](CO)OC(=O)CCCCCCCCCCC)[C@@H](O)CCCC(=O)O. The molecular weight excluding hydrogens is 630 g/mol. The molecule has 48 heavy (non-hydrogen) atoms. The molecule has 10 heteroatoms. The minimum Gasteiger partial charge on any atom is -0.481 e. The molecule has 0 saturated heterocycles. The van der Waals surface area contributed by atoms with Gasteiger partial charge in [-0.25, -0.2) is 0 Å². The Labute approximate surface area is 294 Å². The van der Waals surface area contributed by atoms with E-state index in [0.29, 0.717) is 6.42 Å². The number of allylic oxidation sites excluding steroid dienone is 7. The van der Waals surface area contributed by atoms with Crippen molar-refractivity contribution >= 4 is 29.7 Å². The number of hydrogen-bond acceptors (Lipinski definition) is 9. The number of carbonyl (C=O) groups is 3. The second-order valence-electron chi connectivity index (χ2n) is 12.2. The number of unbranched alkanes of at least 4 members (excludes halogenated alkanes) is 11. The zero-order valence-electron chi connectivity index (χ0n) is 29.6. The van der Waals surface area contributed by atoms with Crippen molar-refractivity contribution in [2.75, 3.05) is 19.0 Å². The molecule has 0 amide bonds. The lowest BCUT2D eigenvalue weighted by atomic mass is 10.1. The van der Waals surface area contributed by atoms with Crippen LogP contribution in [0.15, 0.2) is 48.6 Å². The van der Waals surface area contributed by atoms with Gasteiger partial charge in [-0.3, -0.25) is 14.4 Å². The highest BCUT2D eigenvalue weighted by atomic mass is 32.2. The number of aliphatic carboxylic acids is 1. The number of rotatable bonds is 32. The molecule has 0 bridgehead atoms. The number of carbonyl (C=O) groups excluding carboxylic acids is 2. The van der Waals surface area contributed by atoms with Gasteiger partial charge in [-0.15, -0.1) is 11.8 Å². The Morgan fingerprint density at radius 3 is 2.10 bits per heavy atom. The van der Waals surface area contributed by atoms with Gasteiger partial charge in [-0.2, -0.15) is 0 Å². The zero-order valence-corrected chi connectivity index (χ0v) is 30.5. The lowest BCUT2D eigenvalue weighted by molar-refractivity contribution is -0.161. The van der Waals surface area contributed by atoms with Crippen molar-refractivity contribution in [3.8, 4) is 0 Å². The minimum absolute atomic E-state index is 0.0441. The van der Waals surface area contributed by atoms with Crippen LogP contribution in [-0.4, -0.2) is 75.7 Å². The molecule has 0 aliphatic heterocycles. The Hall–Kier alpha value is -2.40. The minimum atomic E-state index is -1.01. The van der Waals surface area contributed by atoms with Crippen LogP contribution < -0.4 is 5.73 Å². The standard InChI is InChI=1S/C38H65NO8S/c1-3-5-7-9-11-13-14-15-17-18-20-22-26-35(34(41)25-24-27-36(42)43)48-31-33(39)38(45)46-30-32(29-40)47-37(44)28-23-21-19-16-12-10-8-6-4-2/h11,13,15,17-18,20,22,26,32-35,40-41H,3-10,12,14,16,19,21,23-25,27-31,39H2,1-2H3,(H,42,43)/b13-11-,17-15-,20-18+,26-22+/t32-,33-,34-,35+/m0/s1. The Balaban J connectivity index is 4.68. The van der Waals surface area contributed by atoms with Crippen LogP contribution in [0, 0.1) is 0 Å². The monoisotopic (exact) mass is 695 g/mol.